The number of ketones is 1. The van der Waals surface area contributed by atoms with Gasteiger partial charge >= 0.3 is 0 Å². The van der Waals surface area contributed by atoms with Gasteiger partial charge in [0.05, 0.1) is 13.2 Å². The summed E-state index contributed by atoms with van der Waals surface area (Å²) >= 11 is 1.27. The molecule has 180 valence electrons. The Kier molecular flexibility index (Phi) is 9.40. The molecule has 0 aliphatic rings. The minimum absolute atomic E-state index is 0.0602. The molecule has 2 heterocycles. The van der Waals surface area contributed by atoms with E-state index in [1.54, 1.807) is 41.8 Å². The normalized spacial score (nSPS) is 10.6. The first kappa shape index (κ1) is 25.2. The maximum absolute atomic E-state index is 12.4. The van der Waals surface area contributed by atoms with Crippen LogP contribution in [0.25, 0.3) is 11.5 Å². The van der Waals surface area contributed by atoms with Crippen LogP contribution in [0.2, 0.25) is 0 Å². The number of carbonyl (C=O) groups is 3. The monoisotopic (exact) mass is 483 g/mol. The van der Waals surface area contributed by atoms with E-state index in [1.807, 2.05) is 0 Å². The third kappa shape index (κ3) is 7.84. The van der Waals surface area contributed by atoms with Crippen molar-refractivity contribution in [3.8, 4) is 17.2 Å². The number of unbranched alkanes of at least 4 members (excludes halogenated alkanes) is 2. The van der Waals surface area contributed by atoms with E-state index in [-0.39, 0.29) is 30.4 Å². The lowest BCUT2D eigenvalue weighted by molar-refractivity contribution is -0.119. The van der Waals surface area contributed by atoms with Crippen molar-refractivity contribution < 1.29 is 23.5 Å². The van der Waals surface area contributed by atoms with Gasteiger partial charge in [-0.05, 0) is 42.8 Å². The van der Waals surface area contributed by atoms with E-state index < -0.39 is 0 Å². The Morgan fingerprint density at radius 2 is 1.85 bits per heavy atom. The second-order valence-electron chi connectivity index (χ2n) is 7.76. The Balaban J connectivity index is 1.44. The van der Waals surface area contributed by atoms with Gasteiger partial charge in [-0.1, -0.05) is 19.8 Å². The van der Waals surface area contributed by atoms with Crippen molar-refractivity contribution in [2.24, 2.45) is 0 Å². The Hall–Kier alpha value is -3.46. The number of furan rings is 1. The zero-order valence-corrected chi connectivity index (χ0v) is 20.2. The molecular weight excluding hydrogens is 454 g/mol. The second kappa shape index (κ2) is 12.7. The lowest BCUT2D eigenvalue weighted by Gasteiger charge is -2.07. The summed E-state index contributed by atoms with van der Waals surface area (Å²) in [5, 5.41) is 7.59. The molecule has 1 aromatic carbocycles. The zero-order valence-electron chi connectivity index (χ0n) is 19.4. The number of benzene rings is 1. The fraction of sp³-hybridized carbons (Fsp3) is 0.360. The van der Waals surface area contributed by atoms with Crippen molar-refractivity contribution in [1.29, 1.82) is 0 Å². The van der Waals surface area contributed by atoms with E-state index in [9.17, 15) is 14.4 Å². The van der Waals surface area contributed by atoms with Crippen molar-refractivity contribution in [2.45, 2.75) is 52.5 Å². The molecule has 3 rings (SSSR count). The van der Waals surface area contributed by atoms with Crippen LogP contribution in [0.3, 0.4) is 0 Å². The number of aromatic nitrogens is 1. The molecule has 0 fully saturated rings. The molecule has 0 atom stereocenters. The molecule has 0 unspecified atom stereocenters. The summed E-state index contributed by atoms with van der Waals surface area (Å²) in [5.74, 6) is 1.37. The number of anilines is 1. The first-order chi connectivity index (χ1) is 16.4. The van der Waals surface area contributed by atoms with Crippen molar-refractivity contribution in [3.05, 3.63) is 53.1 Å². The molecule has 2 aromatic heterocycles. The zero-order chi connectivity index (χ0) is 24.3. The van der Waals surface area contributed by atoms with E-state index >= 15 is 0 Å². The van der Waals surface area contributed by atoms with Gasteiger partial charge in [0.25, 0.3) is 0 Å². The van der Waals surface area contributed by atoms with Gasteiger partial charge in [-0.15, -0.1) is 11.3 Å². The van der Waals surface area contributed by atoms with Crippen molar-refractivity contribution in [2.75, 3.05) is 11.9 Å². The number of amides is 2. The van der Waals surface area contributed by atoms with E-state index in [0.29, 0.717) is 41.1 Å². The average Bonchev–Trinajstić information content (AvgIpc) is 3.49. The van der Waals surface area contributed by atoms with Gasteiger partial charge in [-0.3, -0.25) is 14.4 Å². The van der Waals surface area contributed by atoms with E-state index in [0.717, 1.165) is 25.0 Å². The minimum atomic E-state index is -0.282. The molecule has 0 aliphatic heterocycles. The Morgan fingerprint density at radius 3 is 2.59 bits per heavy atom. The highest BCUT2D eigenvalue weighted by Gasteiger charge is 2.13. The molecule has 0 spiro atoms. The molecule has 8 nitrogen and oxygen atoms in total. The Bertz CT molecular complexity index is 1100. The maximum atomic E-state index is 12.4. The maximum Gasteiger partial charge on any atom is 0.226 e. The summed E-state index contributed by atoms with van der Waals surface area (Å²) < 4.78 is 11.3. The Labute approximate surface area is 202 Å². The van der Waals surface area contributed by atoms with Crippen LogP contribution in [-0.4, -0.2) is 29.2 Å². The number of nitrogens with zero attached hydrogens (tertiary/aromatic N) is 1. The smallest absolute Gasteiger partial charge is 0.226 e. The summed E-state index contributed by atoms with van der Waals surface area (Å²) in [6, 6.07) is 10.6. The summed E-state index contributed by atoms with van der Waals surface area (Å²) in [6.07, 6.45) is 3.44. The number of carbonyl (C=O) groups excluding carboxylic acids is 3. The standard InChI is InChI=1S/C25H29N3O5S/c1-3-4-5-14-32-19-8-6-18(7-9-19)22(30)11-13-24(31)28-25-27-21(16-34-25)23-12-10-20(33-23)15-26-17(2)29/h6-10,12,16H,3-5,11,13-15H2,1-2H3,(H,26,29)(H,27,28,31). The predicted octanol–water partition coefficient (Wildman–Crippen LogP) is 5.21. The van der Waals surface area contributed by atoms with Gasteiger partial charge in [0.1, 0.15) is 17.2 Å². The number of rotatable bonds is 13. The first-order valence-electron chi connectivity index (χ1n) is 11.3. The second-order valence-corrected chi connectivity index (χ2v) is 8.62. The van der Waals surface area contributed by atoms with Crippen LogP contribution in [0.4, 0.5) is 5.13 Å². The van der Waals surface area contributed by atoms with Crippen LogP contribution in [0, 0.1) is 0 Å². The number of Topliss-reactive ketones (excluding diaryl/α,β-unsaturated/α-hetero) is 1. The summed E-state index contributed by atoms with van der Waals surface area (Å²) in [5.41, 5.74) is 1.14. The molecule has 34 heavy (non-hydrogen) atoms. The molecule has 0 saturated heterocycles. The number of nitrogens with one attached hydrogen (secondary N) is 2. The van der Waals surface area contributed by atoms with Crippen molar-refractivity contribution >= 4 is 34.1 Å². The van der Waals surface area contributed by atoms with Crippen LogP contribution in [-0.2, 0) is 16.1 Å². The largest absolute Gasteiger partial charge is 0.494 e. The highest BCUT2D eigenvalue weighted by Crippen LogP contribution is 2.27. The van der Waals surface area contributed by atoms with Crippen LogP contribution in [0.15, 0.2) is 46.2 Å². The molecule has 0 bridgehead atoms. The van der Waals surface area contributed by atoms with Gasteiger partial charge in [0.2, 0.25) is 11.8 Å². The predicted molar refractivity (Wildman–Crippen MR) is 131 cm³/mol. The van der Waals surface area contributed by atoms with E-state index in [4.69, 9.17) is 9.15 Å². The van der Waals surface area contributed by atoms with Gasteiger partial charge in [-0.25, -0.2) is 4.98 Å². The summed E-state index contributed by atoms with van der Waals surface area (Å²) in [4.78, 5) is 40.1. The van der Waals surface area contributed by atoms with Crippen molar-refractivity contribution in [1.82, 2.24) is 10.3 Å². The van der Waals surface area contributed by atoms with E-state index in [2.05, 4.69) is 22.5 Å². The fourth-order valence-corrected chi connectivity index (χ4v) is 3.81. The topological polar surface area (TPSA) is 111 Å². The highest BCUT2D eigenvalue weighted by atomic mass is 32.1. The molecule has 9 heteroatoms. The molecule has 2 N–H and O–H groups in total. The van der Waals surface area contributed by atoms with E-state index in [1.165, 1.54) is 18.3 Å². The van der Waals surface area contributed by atoms with Gasteiger partial charge in [0, 0.05) is 30.7 Å². The quantitative estimate of drug-likeness (QED) is 0.255. The number of hydrogen-bond acceptors (Lipinski definition) is 7. The number of thiazole rings is 1. The third-order valence-electron chi connectivity index (χ3n) is 4.95. The first-order valence-corrected chi connectivity index (χ1v) is 12.2. The number of hydrogen-bond donors (Lipinski definition) is 2. The number of ether oxygens (including phenoxy) is 1. The van der Waals surface area contributed by atoms with Gasteiger partial charge in [-0.2, -0.15) is 0 Å². The van der Waals surface area contributed by atoms with Crippen LogP contribution in [0.1, 0.15) is 62.1 Å². The van der Waals surface area contributed by atoms with Crippen LogP contribution >= 0.6 is 11.3 Å². The van der Waals surface area contributed by atoms with Crippen molar-refractivity contribution in [3.63, 3.8) is 0 Å². The molecule has 0 radical (unpaired) electrons. The molecule has 0 aliphatic carbocycles. The van der Waals surface area contributed by atoms with Gasteiger partial charge < -0.3 is 19.8 Å². The lowest BCUT2D eigenvalue weighted by atomic mass is 10.1. The lowest BCUT2D eigenvalue weighted by Crippen LogP contribution is -2.18. The van der Waals surface area contributed by atoms with Gasteiger partial charge in [0.15, 0.2) is 16.7 Å². The Morgan fingerprint density at radius 1 is 1.06 bits per heavy atom. The molecular formula is C25H29N3O5S. The SMILES string of the molecule is CCCCCOc1ccc(C(=O)CCC(=O)Nc2nc(-c3ccc(CNC(C)=O)o3)cs2)cc1. The molecule has 0 saturated carbocycles. The highest BCUT2D eigenvalue weighted by molar-refractivity contribution is 7.14. The van der Waals surface area contributed by atoms with Crippen LogP contribution in [0.5, 0.6) is 5.75 Å². The van der Waals surface area contributed by atoms with Crippen LogP contribution < -0.4 is 15.4 Å². The molecule has 3 aromatic rings. The summed E-state index contributed by atoms with van der Waals surface area (Å²) in [7, 11) is 0. The summed E-state index contributed by atoms with van der Waals surface area (Å²) in [6.45, 7) is 4.54. The molecule has 2 amide bonds. The minimum Gasteiger partial charge on any atom is -0.494 e. The third-order valence-corrected chi connectivity index (χ3v) is 5.71. The fourth-order valence-electron chi connectivity index (χ4n) is 3.10. The average molecular weight is 484 g/mol.